The Morgan fingerprint density at radius 2 is 1.81 bits per heavy atom. The van der Waals surface area contributed by atoms with Crippen LogP contribution in [0.25, 0.3) is 16.7 Å². The largest absolute Gasteiger partial charge is 0.337 e. The molecule has 1 saturated heterocycles. The van der Waals surface area contributed by atoms with E-state index in [1.54, 1.807) is 0 Å². The highest BCUT2D eigenvalue weighted by Gasteiger charge is 2.30. The van der Waals surface area contributed by atoms with Gasteiger partial charge in [-0.25, -0.2) is 4.98 Å². The number of fused-ring (bicyclic) bond motifs is 1. The molecule has 1 amide bonds. The molecule has 2 aliphatic rings. The van der Waals surface area contributed by atoms with E-state index >= 15 is 0 Å². The van der Waals surface area contributed by atoms with E-state index in [-0.39, 0.29) is 5.91 Å². The monoisotopic (exact) mass is 416 g/mol. The number of carbonyl (C=O) groups is 1. The third-order valence-electron chi connectivity index (χ3n) is 7.21. The number of amides is 1. The van der Waals surface area contributed by atoms with Gasteiger partial charge in [-0.2, -0.15) is 0 Å². The van der Waals surface area contributed by atoms with Gasteiger partial charge >= 0.3 is 0 Å². The zero-order chi connectivity index (χ0) is 21.4. The van der Waals surface area contributed by atoms with E-state index in [0.717, 1.165) is 53.5 Å². The van der Waals surface area contributed by atoms with Crippen molar-refractivity contribution in [3.8, 4) is 5.69 Å². The van der Waals surface area contributed by atoms with E-state index in [0.29, 0.717) is 6.04 Å². The number of hydrogen-bond donors (Lipinski definition) is 0. The predicted molar refractivity (Wildman–Crippen MR) is 125 cm³/mol. The molecule has 1 aromatic heterocycles. The highest BCUT2D eigenvalue weighted by Crippen LogP contribution is 2.28. The smallest absolute Gasteiger partial charge is 0.253 e. The summed E-state index contributed by atoms with van der Waals surface area (Å²) in [5, 5.41) is 0. The van der Waals surface area contributed by atoms with Crippen molar-refractivity contribution in [1.29, 1.82) is 0 Å². The Morgan fingerprint density at radius 3 is 2.58 bits per heavy atom. The number of benzene rings is 2. The number of nitrogens with zero attached hydrogens (tertiary/aromatic N) is 4. The molecule has 2 heterocycles. The quantitative estimate of drug-likeness (QED) is 0.607. The molecular weight excluding hydrogens is 384 g/mol. The standard InChI is InChI=1S/C26H32N4O/c1-19-27-24-9-5-6-10-25(24)30(19)22-13-11-21(12-14-22)26(31)28(2)23-15-16-29(18-23)17-20-7-3-4-8-20/h5-6,9-14,20,23H,3-4,7-8,15-18H2,1-2H3/t23-/m1/s1. The predicted octanol–water partition coefficient (Wildman–Crippen LogP) is 4.67. The second-order valence-electron chi connectivity index (χ2n) is 9.30. The molecular formula is C26H32N4O. The summed E-state index contributed by atoms with van der Waals surface area (Å²) in [6.45, 7) is 5.36. The highest BCUT2D eigenvalue weighted by atomic mass is 16.2. The Morgan fingerprint density at radius 1 is 1.06 bits per heavy atom. The van der Waals surface area contributed by atoms with Gasteiger partial charge in [-0.1, -0.05) is 25.0 Å². The molecule has 1 aliphatic heterocycles. The third-order valence-corrected chi connectivity index (χ3v) is 7.21. The number of likely N-dealkylation sites (N-methyl/N-ethyl adjacent to an activating group) is 1. The van der Waals surface area contributed by atoms with E-state index in [4.69, 9.17) is 0 Å². The lowest BCUT2D eigenvalue weighted by Crippen LogP contribution is -2.39. The fraction of sp³-hybridized carbons (Fsp3) is 0.462. The van der Waals surface area contributed by atoms with E-state index in [2.05, 4.69) is 20.5 Å². The Hall–Kier alpha value is -2.66. The fourth-order valence-corrected chi connectivity index (χ4v) is 5.45. The third kappa shape index (κ3) is 3.99. The van der Waals surface area contributed by atoms with Crippen LogP contribution >= 0.6 is 0 Å². The maximum absolute atomic E-state index is 13.1. The summed E-state index contributed by atoms with van der Waals surface area (Å²) >= 11 is 0. The van der Waals surface area contributed by atoms with Gasteiger partial charge in [0.1, 0.15) is 5.82 Å². The minimum absolute atomic E-state index is 0.117. The number of aromatic nitrogens is 2. The van der Waals surface area contributed by atoms with Crippen LogP contribution in [0, 0.1) is 12.8 Å². The molecule has 1 saturated carbocycles. The average molecular weight is 417 g/mol. The molecule has 5 rings (SSSR count). The van der Waals surface area contributed by atoms with Crippen molar-refractivity contribution in [2.75, 3.05) is 26.7 Å². The summed E-state index contributed by atoms with van der Waals surface area (Å²) in [4.78, 5) is 22.3. The van der Waals surface area contributed by atoms with Crippen molar-refractivity contribution in [3.05, 3.63) is 59.9 Å². The second kappa shape index (κ2) is 8.46. The molecule has 162 valence electrons. The minimum Gasteiger partial charge on any atom is -0.337 e. The number of para-hydroxylation sites is 2. The normalized spacial score (nSPS) is 20.0. The van der Waals surface area contributed by atoms with Crippen molar-refractivity contribution in [3.63, 3.8) is 0 Å². The first kappa shape index (κ1) is 20.3. The van der Waals surface area contributed by atoms with Crippen molar-refractivity contribution in [2.45, 2.75) is 45.1 Å². The Kier molecular flexibility index (Phi) is 5.53. The number of imidazole rings is 1. The van der Waals surface area contributed by atoms with Gasteiger partial charge < -0.3 is 9.80 Å². The molecule has 0 spiro atoms. The number of likely N-dealkylation sites (tertiary alicyclic amines) is 1. The van der Waals surface area contributed by atoms with Gasteiger partial charge in [0.15, 0.2) is 0 Å². The molecule has 3 aromatic rings. The van der Waals surface area contributed by atoms with Gasteiger partial charge in [-0.15, -0.1) is 0 Å². The summed E-state index contributed by atoms with van der Waals surface area (Å²) < 4.78 is 2.14. The van der Waals surface area contributed by atoms with Crippen molar-refractivity contribution >= 4 is 16.9 Å². The van der Waals surface area contributed by atoms with Crippen LogP contribution in [0.4, 0.5) is 0 Å². The Balaban J connectivity index is 1.27. The summed E-state index contributed by atoms with van der Waals surface area (Å²) in [6.07, 6.45) is 6.63. The molecule has 2 aromatic carbocycles. The van der Waals surface area contributed by atoms with E-state index in [9.17, 15) is 4.79 Å². The molecule has 2 fully saturated rings. The van der Waals surface area contributed by atoms with Crippen LogP contribution in [-0.4, -0.2) is 58.0 Å². The van der Waals surface area contributed by atoms with Crippen LogP contribution in [-0.2, 0) is 0 Å². The van der Waals surface area contributed by atoms with Crippen molar-refractivity contribution in [1.82, 2.24) is 19.4 Å². The average Bonchev–Trinajstić information content (AvgIpc) is 3.53. The summed E-state index contributed by atoms with van der Waals surface area (Å²) in [5.74, 6) is 1.94. The first-order valence-corrected chi connectivity index (χ1v) is 11.6. The van der Waals surface area contributed by atoms with Crippen LogP contribution in [0.5, 0.6) is 0 Å². The van der Waals surface area contributed by atoms with Gasteiger partial charge in [0.05, 0.1) is 11.0 Å². The highest BCUT2D eigenvalue weighted by molar-refractivity contribution is 5.94. The molecule has 0 N–H and O–H groups in total. The van der Waals surface area contributed by atoms with Crippen LogP contribution in [0.15, 0.2) is 48.5 Å². The molecule has 31 heavy (non-hydrogen) atoms. The molecule has 0 unspecified atom stereocenters. The minimum atomic E-state index is 0.117. The van der Waals surface area contributed by atoms with Crippen molar-refractivity contribution in [2.24, 2.45) is 5.92 Å². The summed E-state index contributed by atoms with van der Waals surface area (Å²) in [6, 6.07) is 16.4. The van der Waals surface area contributed by atoms with E-state index in [1.165, 1.54) is 32.2 Å². The maximum Gasteiger partial charge on any atom is 0.253 e. The van der Waals surface area contributed by atoms with Gasteiger partial charge in [0, 0.05) is 44.0 Å². The van der Waals surface area contributed by atoms with Gasteiger partial charge in [0.25, 0.3) is 5.91 Å². The molecule has 5 nitrogen and oxygen atoms in total. The fourth-order valence-electron chi connectivity index (χ4n) is 5.45. The van der Waals surface area contributed by atoms with Crippen molar-refractivity contribution < 1.29 is 4.79 Å². The first-order chi connectivity index (χ1) is 15.1. The lowest BCUT2D eigenvalue weighted by molar-refractivity contribution is 0.0734. The van der Waals surface area contributed by atoms with Crippen LogP contribution in [0.1, 0.15) is 48.3 Å². The lowest BCUT2D eigenvalue weighted by Gasteiger charge is -2.26. The molecule has 0 bridgehead atoms. The SMILES string of the molecule is Cc1nc2ccccc2n1-c1ccc(C(=O)N(C)[C@@H]2CCN(CC3CCCC3)C2)cc1. The lowest BCUT2D eigenvalue weighted by atomic mass is 10.1. The Labute approximate surface area is 184 Å². The molecule has 0 radical (unpaired) electrons. The van der Waals surface area contributed by atoms with Crippen LogP contribution < -0.4 is 0 Å². The summed E-state index contributed by atoms with van der Waals surface area (Å²) in [5.41, 5.74) is 3.87. The zero-order valence-corrected chi connectivity index (χ0v) is 18.6. The van der Waals surface area contributed by atoms with Crippen LogP contribution in [0.2, 0.25) is 0 Å². The molecule has 1 atom stereocenters. The molecule has 5 heteroatoms. The van der Waals surface area contributed by atoms with E-state index in [1.807, 2.05) is 61.3 Å². The topological polar surface area (TPSA) is 41.4 Å². The second-order valence-corrected chi connectivity index (χ2v) is 9.30. The number of rotatable bonds is 5. The van der Waals surface area contributed by atoms with Gasteiger partial charge in [0.2, 0.25) is 0 Å². The number of aryl methyl sites for hydroxylation is 1. The van der Waals surface area contributed by atoms with E-state index < -0.39 is 0 Å². The van der Waals surface area contributed by atoms with Crippen LogP contribution in [0.3, 0.4) is 0 Å². The van der Waals surface area contributed by atoms with Gasteiger partial charge in [-0.05, 0) is 68.5 Å². The number of carbonyl (C=O) groups excluding carboxylic acids is 1. The maximum atomic E-state index is 13.1. The first-order valence-electron chi connectivity index (χ1n) is 11.6. The number of hydrogen-bond acceptors (Lipinski definition) is 3. The van der Waals surface area contributed by atoms with Gasteiger partial charge in [-0.3, -0.25) is 9.36 Å². The molecule has 1 aliphatic carbocycles. The zero-order valence-electron chi connectivity index (χ0n) is 18.6. The Bertz CT molecular complexity index is 1060. The summed E-state index contributed by atoms with van der Waals surface area (Å²) in [7, 11) is 1.97.